The van der Waals surface area contributed by atoms with E-state index in [1.807, 2.05) is 0 Å². The molecular formula is C84H164O17P2. The fourth-order valence-corrected chi connectivity index (χ4v) is 14.5. The van der Waals surface area contributed by atoms with Crippen molar-refractivity contribution in [3.63, 3.8) is 0 Å². The molecule has 0 heterocycles. The van der Waals surface area contributed by atoms with E-state index in [9.17, 15) is 43.2 Å². The molecule has 0 bridgehead atoms. The smallest absolute Gasteiger partial charge is 0.462 e. The fourth-order valence-electron chi connectivity index (χ4n) is 13.0. The molecule has 0 saturated heterocycles. The standard InChI is InChI=1S/C84H164O17P2/c1-74(2)60-52-44-36-29-23-17-12-9-10-14-21-27-33-41-50-58-66-83(88)100-79(70-94-81(86)64-56-48-40-32-26-20-15-11-13-18-24-30-37-45-53-61-75(3)4)72-98-102(90,91)96-68-78(85)69-97-103(92,93)99-73-80(71-95-82(87)65-57-49-43-35-39-47-55-63-77(7)8)101-84(89)67-59-51-42-34-28-22-16-19-25-31-38-46-54-62-76(5)6/h74-80,85H,9-73H2,1-8H3,(H,90,91)(H,92,93)/t78?,79-,80-/m1/s1. The first-order chi connectivity index (χ1) is 49.6. The Labute approximate surface area is 632 Å². The van der Waals surface area contributed by atoms with Crippen LogP contribution < -0.4 is 0 Å². The van der Waals surface area contributed by atoms with Crippen molar-refractivity contribution in [2.24, 2.45) is 23.7 Å². The van der Waals surface area contributed by atoms with Gasteiger partial charge in [0.2, 0.25) is 0 Å². The minimum absolute atomic E-state index is 0.106. The second kappa shape index (κ2) is 72.9. The lowest BCUT2D eigenvalue weighted by atomic mass is 10.0. The number of hydrogen-bond acceptors (Lipinski definition) is 15. The van der Waals surface area contributed by atoms with Gasteiger partial charge in [0.15, 0.2) is 12.2 Å². The first-order valence-corrected chi connectivity index (χ1v) is 46.2. The van der Waals surface area contributed by atoms with Crippen molar-refractivity contribution in [1.29, 1.82) is 0 Å². The van der Waals surface area contributed by atoms with Crippen LogP contribution in [0, 0.1) is 23.7 Å². The Morgan fingerprint density at radius 3 is 0.602 bits per heavy atom. The third-order valence-electron chi connectivity index (χ3n) is 19.6. The summed E-state index contributed by atoms with van der Waals surface area (Å²) in [6.45, 7) is 14.3. The number of phosphoric ester groups is 2. The highest BCUT2D eigenvalue weighted by Gasteiger charge is 2.30. The van der Waals surface area contributed by atoms with Crippen LogP contribution >= 0.6 is 15.6 Å². The zero-order valence-electron chi connectivity index (χ0n) is 68.0. The molecule has 5 atom stereocenters. The summed E-state index contributed by atoms with van der Waals surface area (Å²) in [7, 11) is -9.93. The molecule has 0 aromatic carbocycles. The summed E-state index contributed by atoms with van der Waals surface area (Å²) < 4.78 is 68.8. The Kier molecular flexibility index (Phi) is 71.5. The quantitative estimate of drug-likeness (QED) is 0.0222. The summed E-state index contributed by atoms with van der Waals surface area (Å²) in [6.07, 6.45) is 61.1. The largest absolute Gasteiger partial charge is 0.472 e. The lowest BCUT2D eigenvalue weighted by Crippen LogP contribution is -2.30. The van der Waals surface area contributed by atoms with Crippen LogP contribution in [-0.4, -0.2) is 96.7 Å². The van der Waals surface area contributed by atoms with Crippen molar-refractivity contribution in [2.45, 2.75) is 453 Å². The molecule has 103 heavy (non-hydrogen) atoms. The Morgan fingerprint density at radius 1 is 0.243 bits per heavy atom. The lowest BCUT2D eigenvalue weighted by Gasteiger charge is -2.21. The van der Waals surface area contributed by atoms with Gasteiger partial charge < -0.3 is 33.8 Å². The number of rotatable bonds is 81. The van der Waals surface area contributed by atoms with E-state index in [2.05, 4.69) is 55.4 Å². The van der Waals surface area contributed by atoms with Crippen LogP contribution in [0.2, 0.25) is 0 Å². The highest BCUT2D eigenvalue weighted by Crippen LogP contribution is 2.45. The molecular weight excluding hydrogens is 1340 g/mol. The molecule has 612 valence electrons. The van der Waals surface area contributed by atoms with E-state index in [0.29, 0.717) is 31.6 Å². The first-order valence-electron chi connectivity index (χ1n) is 43.2. The van der Waals surface area contributed by atoms with Gasteiger partial charge in [-0.2, -0.15) is 0 Å². The SMILES string of the molecule is CC(C)CCCCCCCCCCCCCCCCCCC(=O)O[C@H](COC(=O)CCCCCCCCCCCCCCCCCC(C)C)COP(=O)(O)OCC(O)COP(=O)(O)OC[C@@H](COC(=O)CCCCCCCCCC(C)C)OC(=O)CCCCCCCCCCCCCCCC(C)C. The van der Waals surface area contributed by atoms with E-state index in [1.165, 1.54) is 231 Å². The van der Waals surface area contributed by atoms with Gasteiger partial charge in [0.25, 0.3) is 0 Å². The minimum atomic E-state index is -4.97. The molecule has 0 saturated carbocycles. The monoisotopic (exact) mass is 1510 g/mol. The number of aliphatic hydroxyl groups excluding tert-OH is 1. The summed E-state index contributed by atoms with van der Waals surface area (Å²) in [5.74, 6) is 0.997. The second-order valence-electron chi connectivity index (χ2n) is 32.1. The van der Waals surface area contributed by atoms with Gasteiger partial charge in [-0.25, -0.2) is 9.13 Å². The molecule has 17 nitrogen and oxygen atoms in total. The number of phosphoric acid groups is 2. The average Bonchev–Trinajstić information content (AvgIpc) is 0.969. The molecule has 3 N–H and O–H groups in total. The van der Waals surface area contributed by atoms with Crippen LogP contribution in [0.1, 0.15) is 434 Å². The molecule has 0 aliphatic carbocycles. The Bertz CT molecular complexity index is 2010. The molecule has 0 spiro atoms. The van der Waals surface area contributed by atoms with Gasteiger partial charge in [-0.05, 0) is 49.4 Å². The Morgan fingerprint density at radius 2 is 0.408 bits per heavy atom. The van der Waals surface area contributed by atoms with E-state index in [4.69, 9.17) is 37.0 Å². The number of aliphatic hydroxyl groups is 1. The summed E-state index contributed by atoms with van der Waals surface area (Å²) in [4.78, 5) is 73.1. The number of unbranched alkanes of at least 4 members (excludes halogenated alkanes) is 47. The van der Waals surface area contributed by atoms with E-state index in [-0.39, 0.29) is 25.7 Å². The van der Waals surface area contributed by atoms with Crippen molar-refractivity contribution in [1.82, 2.24) is 0 Å². The maximum Gasteiger partial charge on any atom is 0.472 e. The van der Waals surface area contributed by atoms with Crippen LogP contribution in [0.3, 0.4) is 0 Å². The molecule has 0 amide bonds. The van der Waals surface area contributed by atoms with Crippen molar-refractivity contribution in [2.75, 3.05) is 39.6 Å². The maximum absolute atomic E-state index is 13.1. The van der Waals surface area contributed by atoms with Crippen molar-refractivity contribution in [3.8, 4) is 0 Å². The van der Waals surface area contributed by atoms with Gasteiger partial charge in [-0.3, -0.25) is 37.3 Å². The van der Waals surface area contributed by atoms with E-state index >= 15 is 0 Å². The summed E-state index contributed by atoms with van der Waals surface area (Å²) >= 11 is 0. The van der Waals surface area contributed by atoms with Crippen LogP contribution in [-0.2, 0) is 65.4 Å². The topological polar surface area (TPSA) is 237 Å². The summed E-state index contributed by atoms with van der Waals surface area (Å²) in [5.41, 5.74) is 0. The Balaban J connectivity index is 5.24. The van der Waals surface area contributed by atoms with E-state index in [0.717, 1.165) is 114 Å². The average molecular weight is 1510 g/mol. The van der Waals surface area contributed by atoms with Crippen molar-refractivity contribution in [3.05, 3.63) is 0 Å². The highest BCUT2D eigenvalue weighted by molar-refractivity contribution is 7.47. The maximum atomic E-state index is 13.1. The third kappa shape index (κ3) is 78.0. The van der Waals surface area contributed by atoms with Crippen LogP contribution in [0.4, 0.5) is 0 Å². The predicted molar refractivity (Wildman–Crippen MR) is 423 cm³/mol. The molecule has 0 aromatic heterocycles. The first kappa shape index (κ1) is 101. The minimum Gasteiger partial charge on any atom is -0.462 e. The Hall–Kier alpha value is -1.94. The van der Waals surface area contributed by atoms with Gasteiger partial charge >= 0.3 is 39.5 Å². The number of esters is 4. The normalized spacial score (nSPS) is 14.0. The number of carbonyl (C=O) groups excluding carboxylic acids is 4. The van der Waals surface area contributed by atoms with Gasteiger partial charge in [-0.1, -0.05) is 383 Å². The molecule has 19 heteroatoms. The van der Waals surface area contributed by atoms with Gasteiger partial charge in [-0.15, -0.1) is 0 Å². The van der Waals surface area contributed by atoms with Crippen LogP contribution in [0.25, 0.3) is 0 Å². The van der Waals surface area contributed by atoms with Crippen LogP contribution in [0.15, 0.2) is 0 Å². The molecule has 0 radical (unpaired) electrons. The zero-order valence-corrected chi connectivity index (χ0v) is 69.7. The van der Waals surface area contributed by atoms with Crippen LogP contribution in [0.5, 0.6) is 0 Å². The number of ether oxygens (including phenoxy) is 4. The summed E-state index contributed by atoms with van der Waals surface area (Å²) in [6, 6.07) is 0. The fraction of sp³-hybridized carbons (Fsp3) is 0.952. The predicted octanol–water partition coefficient (Wildman–Crippen LogP) is 25.2. The highest BCUT2D eigenvalue weighted by atomic mass is 31.2. The van der Waals surface area contributed by atoms with Crippen molar-refractivity contribution < 1.29 is 80.2 Å². The van der Waals surface area contributed by atoms with Crippen molar-refractivity contribution >= 4 is 39.5 Å². The molecule has 0 aromatic rings. The number of carbonyl (C=O) groups is 4. The van der Waals surface area contributed by atoms with E-state index < -0.39 is 97.5 Å². The van der Waals surface area contributed by atoms with Gasteiger partial charge in [0, 0.05) is 25.7 Å². The third-order valence-corrected chi connectivity index (χ3v) is 21.5. The van der Waals surface area contributed by atoms with E-state index in [1.54, 1.807) is 0 Å². The number of hydrogen-bond donors (Lipinski definition) is 3. The zero-order chi connectivity index (χ0) is 76.0. The van der Waals surface area contributed by atoms with Gasteiger partial charge in [0.05, 0.1) is 26.4 Å². The molecule has 0 fully saturated rings. The molecule has 0 rings (SSSR count). The van der Waals surface area contributed by atoms with Gasteiger partial charge in [0.1, 0.15) is 19.3 Å². The molecule has 0 aliphatic heterocycles. The molecule has 0 aliphatic rings. The summed E-state index contributed by atoms with van der Waals surface area (Å²) in [5, 5.41) is 10.7. The molecule has 3 unspecified atom stereocenters. The second-order valence-corrected chi connectivity index (χ2v) is 35.0. The lowest BCUT2D eigenvalue weighted by molar-refractivity contribution is -0.161.